The minimum absolute atomic E-state index is 0.287. The van der Waals surface area contributed by atoms with Crippen LogP contribution in [-0.2, 0) is 24.3 Å². The molecule has 1 aliphatic rings. The third kappa shape index (κ3) is 6.16. The Morgan fingerprint density at radius 3 is 2.67 bits per heavy atom. The van der Waals surface area contributed by atoms with Crippen molar-refractivity contribution in [2.45, 2.75) is 45.3 Å². The van der Waals surface area contributed by atoms with E-state index in [9.17, 15) is 10.1 Å². The van der Waals surface area contributed by atoms with Crippen LogP contribution in [0.4, 0.5) is 11.5 Å². The van der Waals surface area contributed by atoms with Crippen LogP contribution in [0, 0.1) is 18.3 Å². The van der Waals surface area contributed by atoms with E-state index >= 15 is 0 Å². The lowest BCUT2D eigenvalue weighted by molar-refractivity contribution is -0.111. The standard InChI is InChI=1S/C31H33N7O/c1-3-31(39)36-30-7-4-23(20-34-30)10-17-38-27(19-32)18-28-22(2)24(5-6-29(28)38)21-37-15-11-26(12-16-37)35-25-8-13-33-14-9-25/h3-9,13-14,18,20,26H,1,10-12,15-17,21H2,2H3,(H,33,35)(H,34,36,39). The summed E-state index contributed by atoms with van der Waals surface area (Å²) in [5.41, 5.74) is 6.46. The Kier molecular flexibility index (Phi) is 7.99. The summed E-state index contributed by atoms with van der Waals surface area (Å²) in [4.78, 5) is 22.4. The molecular weight excluding hydrogens is 486 g/mol. The van der Waals surface area contributed by atoms with Gasteiger partial charge in [-0.05, 0) is 79.3 Å². The van der Waals surface area contributed by atoms with Crippen LogP contribution < -0.4 is 10.6 Å². The number of hydrogen-bond acceptors (Lipinski definition) is 6. The number of rotatable bonds is 9. The Bertz CT molecular complexity index is 1490. The zero-order chi connectivity index (χ0) is 27.2. The summed E-state index contributed by atoms with van der Waals surface area (Å²) in [5.74, 6) is 0.204. The number of nitrogens with zero attached hydrogens (tertiary/aromatic N) is 5. The van der Waals surface area contributed by atoms with Gasteiger partial charge in [0.1, 0.15) is 17.6 Å². The van der Waals surface area contributed by atoms with E-state index in [0.717, 1.165) is 61.1 Å². The first-order valence-electron chi connectivity index (χ1n) is 13.3. The lowest BCUT2D eigenvalue weighted by Crippen LogP contribution is -2.38. The molecule has 0 atom stereocenters. The Morgan fingerprint density at radius 2 is 1.97 bits per heavy atom. The number of carbonyl (C=O) groups is 1. The molecule has 0 bridgehead atoms. The highest BCUT2D eigenvalue weighted by Gasteiger charge is 2.20. The van der Waals surface area contributed by atoms with Crippen LogP contribution in [0.2, 0.25) is 0 Å². The molecule has 0 spiro atoms. The van der Waals surface area contributed by atoms with E-state index in [2.05, 4.69) is 61.8 Å². The SMILES string of the molecule is C=CC(=O)Nc1ccc(CCn2c(C#N)cc3c(C)c(CN4CCC(Nc5ccncc5)CC4)ccc32)cn1. The zero-order valence-electron chi connectivity index (χ0n) is 22.2. The van der Waals surface area contributed by atoms with Gasteiger partial charge in [-0.2, -0.15) is 5.26 Å². The lowest BCUT2D eigenvalue weighted by atomic mass is 10.0. The quantitative estimate of drug-likeness (QED) is 0.300. The molecule has 3 aromatic heterocycles. The average Bonchev–Trinajstić information content (AvgIpc) is 3.34. The van der Waals surface area contributed by atoms with Crippen LogP contribution >= 0.6 is 0 Å². The number of anilines is 2. The number of amides is 1. The van der Waals surface area contributed by atoms with Crippen LogP contribution in [0.5, 0.6) is 0 Å². The van der Waals surface area contributed by atoms with Crippen LogP contribution in [-0.4, -0.2) is 44.5 Å². The second-order valence-corrected chi connectivity index (χ2v) is 10.0. The van der Waals surface area contributed by atoms with Gasteiger partial charge in [-0.15, -0.1) is 0 Å². The Labute approximate surface area is 229 Å². The number of fused-ring (bicyclic) bond motifs is 1. The summed E-state index contributed by atoms with van der Waals surface area (Å²) in [5, 5.41) is 17.3. The Hall–Kier alpha value is -4.48. The van der Waals surface area contributed by atoms with E-state index in [4.69, 9.17) is 0 Å². The molecule has 1 amide bonds. The zero-order valence-corrected chi connectivity index (χ0v) is 22.2. The number of aryl methyl sites for hydroxylation is 3. The van der Waals surface area contributed by atoms with Crippen molar-refractivity contribution in [1.29, 1.82) is 5.26 Å². The number of carbonyl (C=O) groups excluding carboxylic acids is 1. The van der Waals surface area contributed by atoms with Crippen LogP contribution in [0.1, 0.15) is 35.2 Å². The summed E-state index contributed by atoms with van der Waals surface area (Å²) in [6, 6.07) is 17.0. The summed E-state index contributed by atoms with van der Waals surface area (Å²) < 4.78 is 2.09. The molecule has 1 aromatic carbocycles. The molecule has 2 N–H and O–H groups in total. The predicted octanol–water partition coefficient (Wildman–Crippen LogP) is 5.06. The van der Waals surface area contributed by atoms with E-state index in [1.54, 1.807) is 12.3 Å². The number of likely N-dealkylation sites (tertiary alicyclic amines) is 1. The minimum atomic E-state index is -0.287. The summed E-state index contributed by atoms with van der Waals surface area (Å²) >= 11 is 0. The van der Waals surface area contributed by atoms with Crippen LogP contribution in [0.25, 0.3) is 10.9 Å². The van der Waals surface area contributed by atoms with Gasteiger partial charge in [0.05, 0.1) is 0 Å². The van der Waals surface area contributed by atoms with E-state index in [0.29, 0.717) is 24.1 Å². The van der Waals surface area contributed by atoms with Gasteiger partial charge in [-0.1, -0.05) is 18.7 Å². The Balaban J connectivity index is 1.23. The maximum atomic E-state index is 11.5. The fourth-order valence-corrected chi connectivity index (χ4v) is 5.25. The van der Waals surface area contributed by atoms with Crippen LogP contribution in [0.3, 0.4) is 0 Å². The molecule has 8 heteroatoms. The molecule has 4 heterocycles. The molecule has 8 nitrogen and oxygen atoms in total. The molecule has 1 saturated heterocycles. The number of piperidine rings is 1. The number of aromatic nitrogens is 3. The fraction of sp³-hybridized carbons (Fsp3) is 0.290. The maximum absolute atomic E-state index is 11.5. The van der Waals surface area contributed by atoms with Gasteiger partial charge in [0.2, 0.25) is 5.91 Å². The second kappa shape index (κ2) is 11.9. The summed E-state index contributed by atoms with van der Waals surface area (Å²) in [7, 11) is 0. The van der Waals surface area contributed by atoms with E-state index < -0.39 is 0 Å². The predicted molar refractivity (Wildman–Crippen MR) is 154 cm³/mol. The molecular formula is C31H33N7O. The normalized spacial score (nSPS) is 14.2. The maximum Gasteiger partial charge on any atom is 0.248 e. The molecule has 198 valence electrons. The van der Waals surface area contributed by atoms with Crippen molar-refractivity contribution in [3.05, 3.63) is 96.1 Å². The number of nitrogens with one attached hydrogen (secondary N) is 2. The van der Waals surface area contributed by atoms with Gasteiger partial charge in [0.25, 0.3) is 0 Å². The number of pyridine rings is 2. The number of benzene rings is 1. The molecule has 0 saturated carbocycles. The molecule has 4 aromatic rings. The third-order valence-corrected chi connectivity index (χ3v) is 7.50. The largest absolute Gasteiger partial charge is 0.382 e. The highest BCUT2D eigenvalue weighted by molar-refractivity contribution is 5.98. The van der Waals surface area contributed by atoms with E-state index in [-0.39, 0.29) is 5.91 Å². The highest BCUT2D eigenvalue weighted by atomic mass is 16.1. The number of hydrogen-bond donors (Lipinski definition) is 2. The van der Waals surface area contributed by atoms with Gasteiger partial charge in [0.15, 0.2) is 0 Å². The fourth-order valence-electron chi connectivity index (χ4n) is 5.25. The lowest BCUT2D eigenvalue weighted by Gasteiger charge is -2.33. The monoisotopic (exact) mass is 519 g/mol. The molecule has 1 aliphatic heterocycles. The molecule has 0 radical (unpaired) electrons. The highest BCUT2D eigenvalue weighted by Crippen LogP contribution is 2.28. The molecule has 0 aliphatic carbocycles. The van der Waals surface area contributed by atoms with Crippen molar-refractivity contribution >= 4 is 28.3 Å². The van der Waals surface area contributed by atoms with Crippen molar-refractivity contribution in [2.24, 2.45) is 0 Å². The summed E-state index contributed by atoms with van der Waals surface area (Å²) in [6.45, 7) is 9.31. The van der Waals surface area contributed by atoms with E-state index in [1.807, 2.05) is 36.7 Å². The first kappa shape index (κ1) is 26.1. The third-order valence-electron chi connectivity index (χ3n) is 7.50. The van der Waals surface area contributed by atoms with Gasteiger partial charge in [0, 0.05) is 67.4 Å². The van der Waals surface area contributed by atoms with Crippen molar-refractivity contribution in [2.75, 3.05) is 23.7 Å². The van der Waals surface area contributed by atoms with Crippen molar-refractivity contribution in [3.63, 3.8) is 0 Å². The minimum Gasteiger partial charge on any atom is -0.382 e. The topological polar surface area (TPSA) is 98.9 Å². The molecule has 1 fully saturated rings. The van der Waals surface area contributed by atoms with Gasteiger partial charge in [-0.3, -0.25) is 14.7 Å². The second-order valence-electron chi connectivity index (χ2n) is 10.0. The van der Waals surface area contributed by atoms with Gasteiger partial charge in [-0.25, -0.2) is 4.98 Å². The molecule has 39 heavy (non-hydrogen) atoms. The van der Waals surface area contributed by atoms with Gasteiger partial charge < -0.3 is 15.2 Å². The first-order chi connectivity index (χ1) is 19.0. The van der Waals surface area contributed by atoms with Crippen molar-refractivity contribution in [3.8, 4) is 6.07 Å². The Morgan fingerprint density at radius 1 is 1.18 bits per heavy atom. The molecule has 5 rings (SSSR count). The van der Waals surface area contributed by atoms with Crippen molar-refractivity contribution < 1.29 is 4.79 Å². The van der Waals surface area contributed by atoms with Crippen molar-refractivity contribution in [1.82, 2.24) is 19.4 Å². The van der Waals surface area contributed by atoms with E-state index in [1.165, 1.54) is 17.2 Å². The van der Waals surface area contributed by atoms with Gasteiger partial charge >= 0.3 is 0 Å². The smallest absolute Gasteiger partial charge is 0.248 e. The average molecular weight is 520 g/mol. The van der Waals surface area contributed by atoms with Crippen LogP contribution in [0.15, 0.2) is 73.7 Å². The molecule has 0 unspecified atom stereocenters. The summed E-state index contributed by atoms with van der Waals surface area (Å²) in [6.07, 6.45) is 9.56. The first-order valence-corrected chi connectivity index (χ1v) is 13.3. The number of nitriles is 1.